The van der Waals surface area contributed by atoms with E-state index in [1.54, 1.807) is 53.7 Å². The summed E-state index contributed by atoms with van der Waals surface area (Å²) in [6.45, 7) is -0.0511. The van der Waals surface area contributed by atoms with Gasteiger partial charge in [-0.1, -0.05) is 25.7 Å². The third kappa shape index (κ3) is 8.86. The van der Waals surface area contributed by atoms with Gasteiger partial charge in [-0.2, -0.15) is 0 Å². The van der Waals surface area contributed by atoms with Gasteiger partial charge < -0.3 is 52.5 Å². The van der Waals surface area contributed by atoms with Gasteiger partial charge in [0.05, 0.1) is 61.9 Å². The number of hydrogen-bond acceptors (Lipinski definition) is 13. The Balaban J connectivity index is 0.000000171. The molecule has 3 aromatic rings. The fourth-order valence-electron chi connectivity index (χ4n) is 7.51. The van der Waals surface area contributed by atoms with Gasteiger partial charge in [0.15, 0.2) is 40.8 Å². The van der Waals surface area contributed by atoms with Crippen LogP contribution in [-0.4, -0.2) is 85.4 Å². The first-order valence-corrected chi connectivity index (χ1v) is 19.8. The van der Waals surface area contributed by atoms with Crippen LogP contribution in [0.15, 0.2) is 36.4 Å². The summed E-state index contributed by atoms with van der Waals surface area (Å²) in [7, 11) is 10.8. The van der Waals surface area contributed by atoms with E-state index in [0.29, 0.717) is 86.2 Å². The lowest BCUT2D eigenvalue weighted by atomic mass is 10.00. The van der Waals surface area contributed by atoms with Crippen molar-refractivity contribution in [1.29, 1.82) is 0 Å². The summed E-state index contributed by atoms with van der Waals surface area (Å²) < 4.78 is 55.1. The molecular formula is C47H58O13. The summed E-state index contributed by atoms with van der Waals surface area (Å²) in [5, 5.41) is 9.48. The minimum Gasteiger partial charge on any atom is -0.493 e. The van der Waals surface area contributed by atoms with E-state index < -0.39 is 5.97 Å². The molecule has 0 bridgehead atoms. The van der Waals surface area contributed by atoms with Gasteiger partial charge in [-0.05, 0) is 98.3 Å². The summed E-state index contributed by atoms with van der Waals surface area (Å²) in [6.07, 6.45) is 20.2. The number of ether oxygens (including phenoxy) is 10. The molecular weight excluding hydrogens is 773 g/mol. The maximum atomic E-state index is 12.0. The van der Waals surface area contributed by atoms with Crippen molar-refractivity contribution in [3.63, 3.8) is 0 Å². The number of hydrogen-bond donors (Lipinski definition) is 1. The Morgan fingerprint density at radius 3 is 1.42 bits per heavy atom. The van der Waals surface area contributed by atoms with Crippen LogP contribution in [0.4, 0.5) is 0 Å². The van der Waals surface area contributed by atoms with Gasteiger partial charge in [0.25, 0.3) is 0 Å². The highest BCUT2D eigenvalue weighted by atomic mass is 16.6. The van der Waals surface area contributed by atoms with Gasteiger partial charge in [-0.3, -0.25) is 4.79 Å². The molecule has 3 aromatic carbocycles. The van der Waals surface area contributed by atoms with Crippen LogP contribution in [0.25, 0.3) is 18.2 Å². The van der Waals surface area contributed by atoms with E-state index in [2.05, 4.69) is 6.08 Å². The second-order valence-corrected chi connectivity index (χ2v) is 15.0. The Morgan fingerprint density at radius 2 is 1.02 bits per heavy atom. The van der Waals surface area contributed by atoms with Crippen molar-refractivity contribution >= 4 is 30.5 Å². The van der Waals surface area contributed by atoms with Crippen molar-refractivity contribution in [2.75, 3.05) is 49.8 Å². The van der Waals surface area contributed by atoms with Crippen LogP contribution in [0, 0.1) is 17.8 Å². The number of aliphatic hydroxyl groups is 1. The first kappa shape index (κ1) is 43.8. The molecule has 6 aliphatic rings. The molecule has 1 N–H and O–H groups in total. The molecule has 3 saturated carbocycles. The lowest BCUT2D eigenvalue weighted by molar-refractivity contribution is 0.0598. The highest BCUT2D eigenvalue weighted by molar-refractivity contribution is 5.97. The molecule has 3 fully saturated rings. The Kier molecular flexibility index (Phi) is 13.9. The Hall–Kier alpha value is -5.82. The van der Waals surface area contributed by atoms with Crippen molar-refractivity contribution in [1.82, 2.24) is 0 Å². The maximum absolute atomic E-state index is 12.0. The van der Waals surface area contributed by atoms with E-state index in [9.17, 15) is 14.7 Å². The van der Waals surface area contributed by atoms with Crippen molar-refractivity contribution in [3.05, 3.63) is 69.8 Å². The van der Waals surface area contributed by atoms with Crippen LogP contribution >= 0.6 is 0 Å². The maximum Gasteiger partial charge on any atom is 0.338 e. The first-order chi connectivity index (χ1) is 28.7. The molecule has 3 aliphatic heterocycles. The topological polar surface area (TPSA) is 147 Å². The zero-order valence-corrected chi connectivity index (χ0v) is 34.5. The van der Waals surface area contributed by atoms with Crippen LogP contribution in [0.2, 0.25) is 0 Å². The predicted molar refractivity (Wildman–Crippen MR) is 229 cm³/mol. The number of carbonyl (C=O) groups excluding carboxylic acids is 2. The molecule has 324 valence electrons. The average molecular weight is 832 g/mol. The number of benzene rings is 3. The second-order valence-electron chi connectivity index (χ2n) is 15.0. The predicted octanol–water partition coefficient (Wildman–Crippen LogP) is 8.64. The number of esters is 1. The summed E-state index contributed by atoms with van der Waals surface area (Å²) in [4.78, 5) is 23.2. The highest BCUT2D eigenvalue weighted by Gasteiger charge is 2.38. The smallest absolute Gasteiger partial charge is 0.338 e. The molecule has 3 aliphatic carbocycles. The van der Waals surface area contributed by atoms with Gasteiger partial charge in [0, 0.05) is 23.7 Å². The third-order valence-corrected chi connectivity index (χ3v) is 11.2. The summed E-state index contributed by atoms with van der Waals surface area (Å²) in [5.41, 5.74) is 4.09. The standard InChI is InChI=1S/C16H18O5.C15H18O4.C15H16O4.CH4.H2/c1-18-13-8-11(16(17)20-3)10-6-7-12(9-4-5-9)21-14(10)15(13)19-2;2*1-17-13-7-10(8-16)11-5-6-12(9-3-4-9)19-14(11)15(13)18-2;;/h6-9,12H,4-5H2,1-3H3;5-7,9,12,16H,3-4,8H2,1-2H3;5-9,12H,3-4H2,1-2H3;1H4;1H/i;;;;1+1. The van der Waals surface area contributed by atoms with E-state index in [4.69, 9.17) is 47.4 Å². The van der Waals surface area contributed by atoms with Crippen LogP contribution in [-0.2, 0) is 11.3 Å². The minimum absolute atomic E-state index is 0. The molecule has 0 radical (unpaired) electrons. The summed E-state index contributed by atoms with van der Waals surface area (Å²) in [6, 6.07) is 5.09. The van der Waals surface area contributed by atoms with Crippen molar-refractivity contribution in [2.24, 2.45) is 17.8 Å². The van der Waals surface area contributed by atoms with Crippen LogP contribution in [0.3, 0.4) is 0 Å². The van der Waals surface area contributed by atoms with Crippen LogP contribution in [0.1, 0.15) is 90.3 Å². The Labute approximate surface area is 353 Å². The molecule has 9 rings (SSSR count). The molecule has 13 nitrogen and oxygen atoms in total. The molecule has 0 spiro atoms. The summed E-state index contributed by atoms with van der Waals surface area (Å²) in [5.74, 6) is 6.41. The SMILES string of the molecule is C.COC(=O)c1cc(OC)c(OC)c2c1C=CC(C1CC1)O2.COc1cc(C=O)c2c(c1OC)OC(C1CC1)C=C2.COc1cc(CO)c2c(c1OC)OC(C1CC1)C=C2.[2HH]. The van der Waals surface area contributed by atoms with Gasteiger partial charge >= 0.3 is 5.97 Å². The molecule has 0 amide bonds. The Bertz CT molecular complexity index is 2150. The minimum atomic E-state index is -0.426. The van der Waals surface area contributed by atoms with Gasteiger partial charge in [0.2, 0.25) is 17.2 Å². The molecule has 3 atom stereocenters. The zero-order chi connectivity index (χ0) is 41.8. The van der Waals surface area contributed by atoms with E-state index in [1.807, 2.05) is 30.4 Å². The quantitative estimate of drug-likeness (QED) is 0.137. The zero-order valence-electron chi connectivity index (χ0n) is 34.5. The van der Waals surface area contributed by atoms with Crippen molar-refractivity contribution < 1.29 is 63.5 Å². The monoisotopic (exact) mass is 831 g/mol. The van der Waals surface area contributed by atoms with Gasteiger partial charge in [-0.25, -0.2) is 4.79 Å². The van der Waals surface area contributed by atoms with E-state index in [0.717, 1.165) is 23.0 Å². The van der Waals surface area contributed by atoms with E-state index in [1.165, 1.54) is 52.7 Å². The van der Waals surface area contributed by atoms with Crippen LogP contribution < -0.4 is 42.6 Å². The normalized spacial score (nSPS) is 19.8. The fourth-order valence-corrected chi connectivity index (χ4v) is 7.51. The van der Waals surface area contributed by atoms with E-state index >= 15 is 0 Å². The largest absolute Gasteiger partial charge is 0.493 e. The number of aldehydes is 1. The highest BCUT2D eigenvalue weighted by Crippen LogP contribution is 2.50. The molecule has 60 heavy (non-hydrogen) atoms. The molecule has 0 aromatic heterocycles. The second kappa shape index (κ2) is 19.1. The molecule has 3 heterocycles. The lowest BCUT2D eigenvalue weighted by Crippen LogP contribution is -2.21. The van der Waals surface area contributed by atoms with E-state index in [-0.39, 0.29) is 33.8 Å². The van der Waals surface area contributed by atoms with Gasteiger partial charge in [0.1, 0.15) is 18.3 Å². The van der Waals surface area contributed by atoms with Crippen molar-refractivity contribution in [3.8, 4) is 51.7 Å². The lowest BCUT2D eigenvalue weighted by Gasteiger charge is -2.25. The number of carbonyl (C=O) groups is 2. The first-order valence-electron chi connectivity index (χ1n) is 19.8. The third-order valence-electron chi connectivity index (χ3n) is 11.2. The molecule has 13 heteroatoms. The fraction of sp³-hybridized carbons (Fsp3) is 0.447. The average Bonchev–Trinajstić information content (AvgIpc) is 4.12. The Morgan fingerprint density at radius 1 is 0.617 bits per heavy atom. The molecule has 3 unspecified atom stereocenters. The van der Waals surface area contributed by atoms with Gasteiger partial charge in [-0.15, -0.1) is 0 Å². The number of aliphatic hydroxyl groups excluding tert-OH is 1. The molecule has 0 saturated heterocycles. The number of rotatable bonds is 12. The number of fused-ring (bicyclic) bond motifs is 3. The van der Waals surface area contributed by atoms with Crippen LogP contribution in [0.5, 0.6) is 51.7 Å². The number of methoxy groups -OCH3 is 7. The summed E-state index contributed by atoms with van der Waals surface area (Å²) >= 11 is 0. The van der Waals surface area contributed by atoms with Crippen molar-refractivity contribution in [2.45, 2.75) is 70.9 Å².